The third kappa shape index (κ3) is 5.09. The SMILES string of the molecule is Cc1cc(C)cc(C(=O)OCC(=O)N(Cc2ccco2)C2=CCCCC2)c1. The van der Waals surface area contributed by atoms with E-state index in [1.165, 1.54) is 0 Å². The molecular weight excluding hydrogens is 342 g/mol. The van der Waals surface area contributed by atoms with Gasteiger partial charge in [-0.1, -0.05) is 23.3 Å². The second-order valence-electron chi connectivity index (χ2n) is 6.95. The molecule has 0 saturated heterocycles. The molecule has 0 atom stereocenters. The summed E-state index contributed by atoms with van der Waals surface area (Å²) < 4.78 is 10.7. The van der Waals surface area contributed by atoms with Crippen molar-refractivity contribution in [2.24, 2.45) is 0 Å². The number of carbonyl (C=O) groups excluding carboxylic acids is 2. The molecule has 1 aliphatic carbocycles. The van der Waals surface area contributed by atoms with Crippen LogP contribution in [-0.4, -0.2) is 23.4 Å². The summed E-state index contributed by atoms with van der Waals surface area (Å²) in [6, 6.07) is 9.16. The third-order valence-corrected chi connectivity index (χ3v) is 4.59. The Morgan fingerprint density at radius 3 is 2.56 bits per heavy atom. The van der Waals surface area contributed by atoms with Crippen LogP contribution >= 0.6 is 0 Å². The van der Waals surface area contributed by atoms with Crippen LogP contribution in [0.25, 0.3) is 0 Å². The normalized spacial score (nSPS) is 13.8. The van der Waals surface area contributed by atoms with Crippen molar-refractivity contribution in [3.8, 4) is 0 Å². The lowest BCUT2D eigenvalue weighted by atomic mass is 10.0. The van der Waals surface area contributed by atoms with Crippen LogP contribution in [0.4, 0.5) is 0 Å². The van der Waals surface area contributed by atoms with E-state index < -0.39 is 5.97 Å². The van der Waals surface area contributed by atoms with Crippen molar-refractivity contribution in [2.45, 2.75) is 46.1 Å². The molecule has 2 aromatic rings. The van der Waals surface area contributed by atoms with Gasteiger partial charge >= 0.3 is 5.97 Å². The zero-order valence-electron chi connectivity index (χ0n) is 15.9. The molecule has 0 fully saturated rings. The Labute approximate surface area is 159 Å². The molecule has 1 aromatic carbocycles. The van der Waals surface area contributed by atoms with Crippen molar-refractivity contribution in [1.82, 2.24) is 4.90 Å². The molecule has 1 heterocycles. The highest BCUT2D eigenvalue weighted by atomic mass is 16.5. The van der Waals surface area contributed by atoms with Gasteiger partial charge in [0.15, 0.2) is 6.61 Å². The molecule has 1 amide bonds. The Hall–Kier alpha value is -2.82. The van der Waals surface area contributed by atoms with Gasteiger partial charge in [0, 0.05) is 5.70 Å². The Bertz CT molecular complexity index is 816. The Kier molecular flexibility index (Phi) is 6.12. The minimum atomic E-state index is -0.481. The molecule has 1 aromatic heterocycles. The summed E-state index contributed by atoms with van der Waals surface area (Å²) in [5.74, 6) is -0.0153. The van der Waals surface area contributed by atoms with Crippen LogP contribution in [0, 0.1) is 13.8 Å². The molecule has 0 radical (unpaired) electrons. The highest BCUT2D eigenvalue weighted by Crippen LogP contribution is 2.23. The van der Waals surface area contributed by atoms with Gasteiger partial charge in [-0.3, -0.25) is 4.79 Å². The first-order chi connectivity index (χ1) is 13.0. The Balaban J connectivity index is 1.68. The molecule has 27 heavy (non-hydrogen) atoms. The molecule has 0 N–H and O–H groups in total. The van der Waals surface area contributed by atoms with Gasteiger partial charge in [0.25, 0.3) is 5.91 Å². The van der Waals surface area contributed by atoms with Gasteiger partial charge in [-0.2, -0.15) is 0 Å². The Morgan fingerprint density at radius 2 is 1.93 bits per heavy atom. The van der Waals surface area contributed by atoms with Gasteiger partial charge in [-0.15, -0.1) is 0 Å². The molecule has 0 aliphatic heterocycles. The lowest BCUT2D eigenvalue weighted by Gasteiger charge is -2.27. The van der Waals surface area contributed by atoms with Gasteiger partial charge in [-0.25, -0.2) is 4.79 Å². The molecule has 1 aliphatic rings. The first-order valence-corrected chi connectivity index (χ1v) is 9.30. The number of allylic oxidation sites excluding steroid dienone is 2. The van der Waals surface area contributed by atoms with E-state index in [2.05, 4.69) is 6.08 Å². The summed E-state index contributed by atoms with van der Waals surface area (Å²) in [7, 11) is 0. The molecule has 0 unspecified atom stereocenters. The van der Waals surface area contributed by atoms with E-state index in [9.17, 15) is 9.59 Å². The smallest absolute Gasteiger partial charge is 0.338 e. The van der Waals surface area contributed by atoms with Crippen LogP contribution in [0.15, 0.2) is 52.8 Å². The van der Waals surface area contributed by atoms with Crippen LogP contribution in [0.5, 0.6) is 0 Å². The fraction of sp³-hybridized carbons (Fsp3) is 0.364. The number of rotatable bonds is 6. The van der Waals surface area contributed by atoms with Crippen LogP contribution in [0.1, 0.15) is 52.9 Å². The zero-order valence-corrected chi connectivity index (χ0v) is 15.9. The van der Waals surface area contributed by atoms with Crippen molar-refractivity contribution in [3.63, 3.8) is 0 Å². The number of ether oxygens (including phenoxy) is 1. The molecule has 0 spiro atoms. The lowest BCUT2D eigenvalue weighted by molar-refractivity contribution is -0.133. The maximum atomic E-state index is 12.8. The number of benzene rings is 1. The van der Waals surface area contributed by atoms with Crippen LogP contribution < -0.4 is 0 Å². The lowest BCUT2D eigenvalue weighted by Crippen LogP contribution is -2.34. The maximum absolute atomic E-state index is 12.8. The van der Waals surface area contributed by atoms with Crippen molar-refractivity contribution >= 4 is 11.9 Å². The molecule has 5 nitrogen and oxygen atoms in total. The summed E-state index contributed by atoms with van der Waals surface area (Å²) >= 11 is 0. The number of carbonyl (C=O) groups is 2. The predicted molar refractivity (Wildman–Crippen MR) is 102 cm³/mol. The van der Waals surface area contributed by atoms with E-state index in [4.69, 9.17) is 9.15 Å². The number of hydrogen-bond donors (Lipinski definition) is 0. The summed E-state index contributed by atoms with van der Waals surface area (Å²) in [4.78, 5) is 26.8. The molecule has 5 heteroatoms. The van der Waals surface area contributed by atoms with E-state index in [1.807, 2.05) is 26.0 Å². The quantitative estimate of drug-likeness (QED) is 0.703. The summed E-state index contributed by atoms with van der Waals surface area (Å²) in [6.07, 6.45) is 7.67. The average Bonchev–Trinajstić information content (AvgIpc) is 3.17. The highest BCUT2D eigenvalue weighted by Gasteiger charge is 2.22. The van der Waals surface area contributed by atoms with Gasteiger partial charge in [0.05, 0.1) is 18.4 Å². The largest absolute Gasteiger partial charge is 0.467 e. The minimum Gasteiger partial charge on any atom is -0.467 e. The molecule has 0 bridgehead atoms. The van der Waals surface area contributed by atoms with Gasteiger partial charge in [0.1, 0.15) is 5.76 Å². The fourth-order valence-electron chi connectivity index (χ4n) is 3.36. The van der Waals surface area contributed by atoms with Gasteiger partial charge < -0.3 is 14.1 Å². The summed E-state index contributed by atoms with van der Waals surface area (Å²) in [6.45, 7) is 3.91. The van der Waals surface area contributed by atoms with E-state index >= 15 is 0 Å². The molecule has 3 rings (SSSR count). The molecular formula is C22H25NO4. The van der Waals surface area contributed by atoms with Crippen molar-refractivity contribution in [3.05, 3.63) is 70.8 Å². The Morgan fingerprint density at radius 1 is 1.15 bits per heavy atom. The number of hydrogen-bond acceptors (Lipinski definition) is 4. The van der Waals surface area contributed by atoms with E-state index in [1.54, 1.807) is 29.4 Å². The van der Waals surface area contributed by atoms with Gasteiger partial charge in [0.2, 0.25) is 0 Å². The topological polar surface area (TPSA) is 59.8 Å². The van der Waals surface area contributed by atoms with Crippen molar-refractivity contribution in [1.29, 1.82) is 0 Å². The van der Waals surface area contributed by atoms with Crippen molar-refractivity contribution < 1.29 is 18.7 Å². The number of nitrogens with zero attached hydrogens (tertiary/aromatic N) is 1. The first kappa shape index (κ1) is 19.0. The second-order valence-corrected chi connectivity index (χ2v) is 6.95. The molecule has 0 saturated carbocycles. The standard InChI is InChI=1S/C22H25NO4/c1-16-11-17(2)13-18(12-16)22(25)27-15-21(24)23(14-20-9-6-10-26-20)19-7-4-3-5-8-19/h6-7,9-13H,3-5,8,14-15H2,1-2H3. The molecule has 142 valence electrons. The monoisotopic (exact) mass is 367 g/mol. The van der Waals surface area contributed by atoms with Gasteiger partial charge in [-0.05, 0) is 63.8 Å². The number of furan rings is 1. The summed E-state index contributed by atoms with van der Waals surface area (Å²) in [5.41, 5.74) is 3.42. The summed E-state index contributed by atoms with van der Waals surface area (Å²) in [5, 5.41) is 0. The number of amides is 1. The van der Waals surface area contributed by atoms with E-state index in [-0.39, 0.29) is 12.5 Å². The van der Waals surface area contributed by atoms with Crippen LogP contribution in [0.3, 0.4) is 0 Å². The predicted octanol–water partition coefficient (Wildman–Crippen LogP) is 4.54. The number of esters is 1. The van der Waals surface area contributed by atoms with E-state index in [0.717, 1.165) is 42.5 Å². The van der Waals surface area contributed by atoms with Crippen LogP contribution in [-0.2, 0) is 16.1 Å². The average molecular weight is 367 g/mol. The fourth-order valence-corrected chi connectivity index (χ4v) is 3.36. The van der Waals surface area contributed by atoms with Crippen LogP contribution in [0.2, 0.25) is 0 Å². The van der Waals surface area contributed by atoms with Crippen molar-refractivity contribution in [2.75, 3.05) is 6.61 Å². The van der Waals surface area contributed by atoms with E-state index in [0.29, 0.717) is 17.9 Å². The highest BCUT2D eigenvalue weighted by molar-refractivity contribution is 5.92. The third-order valence-electron chi connectivity index (χ3n) is 4.59. The second kappa shape index (κ2) is 8.71. The maximum Gasteiger partial charge on any atom is 0.338 e. The zero-order chi connectivity index (χ0) is 19.2. The minimum absolute atomic E-state index is 0.239. The number of aryl methyl sites for hydroxylation is 2. The first-order valence-electron chi connectivity index (χ1n) is 9.30.